The summed E-state index contributed by atoms with van der Waals surface area (Å²) in [6.07, 6.45) is -1.20. The molecule has 1 unspecified atom stereocenters. The van der Waals surface area contributed by atoms with Crippen LogP contribution in [-0.4, -0.2) is 24.3 Å². The maximum atomic E-state index is 12.7. The minimum Gasteiger partial charge on any atom is -0.468 e. The number of rotatable bonds is 8. The van der Waals surface area contributed by atoms with Gasteiger partial charge in [-0.2, -0.15) is 0 Å². The van der Waals surface area contributed by atoms with Crippen molar-refractivity contribution in [1.29, 1.82) is 0 Å². The van der Waals surface area contributed by atoms with Crippen LogP contribution in [0.3, 0.4) is 0 Å². The van der Waals surface area contributed by atoms with Crippen molar-refractivity contribution in [3.8, 4) is 22.5 Å². The van der Waals surface area contributed by atoms with E-state index in [1.165, 1.54) is 7.11 Å². The predicted octanol–water partition coefficient (Wildman–Crippen LogP) is 8.59. The lowest BCUT2D eigenvalue weighted by atomic mass is 9.90. The zero-order valence-corrected chi connectivity index (χ0v) is 24.1. The third-order valence-corrected chi connectivity index (χ3v) is 7.36. The number of hydrogen-bond donors (Lipinski definition) is 1. The Morgan fingerprint density at radius 1 is 0.810 bits per heavy atom. The van der Waals surface area contributed by atoms with Crippen molar-refractivity contribution in [2.24, 2.45) is 0 Å². The van der Waals surface area contributed by atoms with Crippen LogP contribution >= 0.6 is 11.6 Å². The van der Waals surface area contributed by atoms with Crippen LogP contribution in [0.5, 0.6) is 0 Å². The fourth-order valence-corrected chi connectivity index (χ4v) is 5.07. The molecule has 8 heteroatoms. The van der Waals surface area contributed by atoms with Crippen LogP contribution in [0.25, 0.3) is 22.5 Å². The van der Waals surface area contributed by atoms with Gasteiger partial charge in [0.05, 0.1) is 7.11 Å². The van der Waals surface area contributed by atoms with E-state index in [9.17, 15) is 9.59 Å². The summed E-state index contributed by atoms with van der Waals surface area (Å²) in [5, 5.41) is 7.34. The average molecular weight is 581 g/mol. The van der Waals surface area contributed by atoms with Crippen LogP contribution < -0.4 is 5.32 Å². The zero-order valence-electron chi connectivity index (χ0n) is 23.3. The van der Waals surface area contributed by atoms with Gasteiger partial charge in [0.2, 0.25) is 0 Å². The first-order valence-electron chi connectivity index (χ1n) is 13.4. The molecule has 5 rings (SSSR count). The van der Waals surface area contributed by atoms with Gasteiger partial charge >= 0.3 is 12.1 Å². The van der Waals surface area contributed by atoms with Crippen molar-refractivity contribution >= 4 is 29.4 Å². The fourth-order valence-electron chi connectivity index (χ4n) is 4.78. The summed E-state index contributed by atoms with van der Waals surface area (Å²) in [6, 6.07) is 32.3. The highest BCUT2D eigenvalue weighted by Crippen LogP contribution is 2.34. The van der Waals surface area contributed by atoms with E-state index in [0.29, 0.717) is 27.7 Å². The number of amides is 1. The van der Waals surface area contributed by atoms with Crippen molar-refractivity contribution in [2.45, 2.75) is 25.9 Å². The number of carbonyl (C=O) groups is 2. The van der Waals surface area contributed by atoms with Crippen molar-refractivity contribution < 1.29 is 23.6 Å². The molecule has 0 spiro atoms. The number of halogens is 1. The predicted molar refractivity (Wildman–Crippen MR) is 162 cm³/mol. The molecule has 0 aliphatic carbocycles. The highest BCUT2D eigenvalue weighted by molar-refractivity contribution is 6.31. The molecule has 212 valence electrons. The second-order valence-electron chi connectivity index (χ2n) is 9.73. The van der Waals surface area contributed by atoms with E-state index >= 15 is 0 Å². The molecule has 0 saturated carbocycles. The van der Waals surface area contributed by atoms with Crippen molar-refractivity contribution in [3.05, 3.63) is 131 Å². The van der Waals surface area contributed by atoms with Crippen LogP contribution in [0.4, 0.5) is 10.5 Å². The van der Waals surface area contributed by atoms with Gasteiger partial charge in [-0.3, -0.25) is 10.1 Å². The maximum Gasteiger partial charge on any atom is 0.412 e. The molecule has 0 aliphatic heterocycles. The topological polar surface area (TPSA) is 90.7 Å². The van der Waals surface area contributed by atoms with Gasteiger partial charge in [0.1, 0.15) is 23.4 Å². The van der Waals surface area contributed by atoms with Gasteiger partial charge in [0, 0.05) is 16.1 Å². The first-order valence-corrected chi connectivity index (χ1v) is 13.8. The number of aromatic nitrogens is 1. The van der Waals surface area contributed by atoms with Gasteiger partial charge in [-0.1, -0.05) is 114 Å². The number of ether oxygens (including phenoxy) is 2. The van der Waals surface area contributed by atoms with Crippen LogP contribution in [0.1, 0.15) is 41.3 Å². The average Bonchev–Trinajstić information content (AvgIpc) is 3.37. The van der Waals surface area contributed by atoms with E-state index in [4.69, 9.17) is 25.6 Å². The van der Waals surface area contributed by atoms with Crippen LogP contribution in [-0.2, 0) is 14.3 Å². The molecule has 4 aromatic carbocycles. The maximum absolute atomic E-state index is 12.7. The summed E-state index contributed by atoms with van der Waals surface area (Å²) in [7, 11) is 1.40. The van der Waals surface area contributed by atoms with E-state index in [0.717, 1.165) is 27.8 Å². The summed E-state index contributed by atoms with van der Waals surface area (Å²) in [5.74, 6) is -0.402. The van der Waals surface area contributed by atoms with Crippen LogP contribution in [0, 0.1) is 6.92 Å². The quantitative estimate of drug-likeness (QED) is 0.185. The lowest BCUT2D eigenvalue weighted by Gasteiger charge is -2.16. The Morgan fingerprint density at radius 3 is 2.02 bits per heavy atom. The summed E-state index contributed by atoms with van der Waals surface area (Å²) in [5.41, 5.74) is 6.06. The molecule has 1 N–H and O–H groups in total. The summed E-state index contributed by atoms with van der Waals surface area (Å²) in [4.78, 5) is 25.3. The number of carbonyl (C=O) groups excluding carboxylic acids is 2. The fraction of sp³-hybridized carbons (Fsp3) is 0.147. The molecule has 2 atom stereocenters. The van der Waals surface area contributed by atoms with Gasteiger partial charge in [-0.05, 0) is 42.2 Å². The Hall–Kier alpha value is -4.88. The van der Waals surface area contributed by atoms with Gasteiger partial charge < -0.3 is 14.0 Å². The number of nitrogens with one attached hydrogen (secondary N) is 1. The van der Waals surface area contributed by atoms with Crippen LogP contribution in [0.15, 0.2) is 108 Å². The Kier molecular flexibility index (Phi) is 8.69. The molecule has 1 amide bonds. The Balaban J connectivity index is 1.31. The number of anilines is 1. The molecule has 0 aliphatic rings. The third-order valence-electron chi connectivity index (χ3n) is 7.01. The molecule has 0 radical (unpaired) electrons. The molecule has 5 aromatic rings. The Labute approximate surface area is 249 Å². The standard InChI is InChI=1S/C34H29ClN2O5/c1-21-31(36-34(39)41-22(2)28-11-7-8-12-29(28)35)32(42-37-21)27-19-15-24(16-20-27)23-13-17-26(18-14-23)30(33(38)40-3)25-9-5-4-6-10-25/h4-20,22,30H,1-3H3,(H,36,39)/t22-,30?/m1/s1. The Bertz CT molecular complexity index is 1680. The monoisotopic (exact) mass is 580 g/mol. The van der Waals surface area contributed by atoms with Crippen molar-refractivity contribution in [2.75, 3.05) is 12.4 Å². The number of aryl methyl sites for hydroxylation is 1. The lowest BCUT2D eigenvalue weighted by Crippen LogP contribution is -2.17. The van der Waals surface area contributed by atoms with Crippen molar-refractivity contribution in [1.82, 2.24) is 5.16 Å². The first kappa shape index (κ1) is 28.6. The number of methoxy groups -OCH3 is 1. The highest BCUT2D eigenvalue weighted by Gasteiger charge is 2.24. The van der Waals surface area contributed by atoms with Gasteiger partial charge in [0.25, 0.3) is 0 Å². The summed E-state index contributed by atoms with van der Waals surface area (Å²) >= 11 is 6.24. The van der Waals surface area contributed by atoms with Gasteiger partial charge in [0.15, 0.2) is 5.76 Å². The Morgan fingerprint density at radius 2 is 1.38 bits per heavy atom. The molecule has 1 aromatic heterocycles. The minimum atomic E-state index is -0.646. The molecule has 0 saturated heterocycles. The molecule has 42 heavy (non-hydrogen) atoms. The number of nitrogens with zero attached hydrogens (tertiary/aromatic N) is 1. The summed E-state index contributed by atoms with van der Waals surface area (Å²) < 4.78 is 16.2. The zero-order chi connectivity index (χ0) is 29.6. The van der Waals surface area contributed by atoms with E-state index in [2.05, 4.69) is 10.5 Å². The van der Waals surface area contributed by atoms with Gasteiger partial charge in [-0.25, -0.2) is 4.79 Å². The van der Waals surface area contributed by atoms with E-state index < -0.39 is 18.1 Å². The van der Waals surface area contributed by atoms with E-state index in [1.807, 2.05) is 97.1 Å². The number of hydrogen-bond acceptors (Lipinski definition) is 6. The van der Waals surface area contributed by atoms with Crippen molar-refractivity contribution in [3.63, 3.8) is 0 Å². The normalized spacial score (nSPS) is 12.3. The SMILES string of the molecule is COC(=O)C(c1ccccc1)c1ccc(-c2ccc(-c3onc(C)c3NC(=O)O[C@H](C)c3ccccc3Cl)cc2)cc1. The third kappa shape index (κ3) is 6.21. The molecule has 0 bridgehead atoms. The molecular weight excluding hydrogens is 552 g/mol. The molecule has 1 heterocycles. The second-order valence-corrected chi connectivity index (χ2v) is 10.1. The second kappa shape index (κ2) is 12.7. The first-order chi connectivity index (χ1) is 20.4. The highest BCUT2D eigenvalue weighted by atomic mass is 35.5. The summed E-state index contributed by atoms with van der Waals surface area (Å²) in [6.45, 7) is 3.50. The number of esters is 1. The smallest absolute Gasteiger partial charge is 0.412 e. The largest absolute Gasteiger partial charge is 0.468 e. The lowest BCUT2D eigenvalue weighted by molar-refractivity contribution is -0.141. The minimum absolute atomic E-state index is 0.313. The molecule has 0 fully saturated rings. The molecule has 7 nitrogen and oxygen atoms in total. The van der Waals surface area contributed by atoms with Crippen LogP contribution in [0.2, 0.25) is 5.02 Å². The number of benzene rings is 4. The van der Waals surface area contributed by atoms with Gasteiger partial charge in [-0.15, -0.1) is 0 Å². The van der Waals surface area contributed by atoms with E-state index in [1.54, 1.807) is 19.9 Å². The molecular formula is C34H29ClN2O5. The van der Waals surface area contributed by atoms with E-state index in [-0.39, 0.29) is 5.97 Å².